The van der Waals surface area contributed by atoms with Gasteiger partial charge in [-0.2, -0.15) is 0 Å². The van der Waals surface area contributed by atoms with Gasteiger partial charge in [-0.25, -0.2) is 0 Å². The minimum Gasteiger partial charge on any atom is -0.353 e. The van der Waals surface area contributed by atoms with Crippen molar-refractivity contribution in [1.29, 1.82) is 0 Å². The lowest BCUT2D eigenvalue weighted by atomic mass is 9.78. The fourth-order valence-electron chi connectivity index (χ4n) is 4.37. The molecule has 24 heavy (non-hydrogen) atoms. The highest BCUT2D eigenvalue weighted by molar-refractivity contribution is 4.88. The van der Waals surface area contributed by atoms with Crippen molar-refractivity contribution in [2.24, 2.45) is 29.6 Å². The number of rotatable bonds is 5. The summed E-state index contributed by atoms with van der Waals surface area (Å²) in [5, 5.41) is 0. The molecule has 0 aromatic heterocycles. The lowest BCUT2D eigenvalue weighted by Crippen LogP contribution is -2.55. The zero-order chi connectivity index (χ0) is 18.0. The minimum atomic E-state index is -0.313. The molecule has 0 bridgehead atoms. The van der Waals surface area contributed by atoms with Crippen LogP contribution < -0.4 is 0 Å². The van der Waals surface area contributed by atoms with Crippen molar-refractivity contribution in [1.82, 2.24) is 0 Å². The van der Waals surface area contributed by atoms with Crippen molar-refractivity contribution >= 4 is 0 Å². The molecule has 0 amide bonds. The normalized spacial score (nSPS) is 50.0. The second kappa shape index (κ2) is 8.48. The molecule has 10 unspecified atom stereocenters. The van der Waals surface area contributed by atoms with Crippen molar-refractivity contribution in [2.75, 3.05) is 7.11 Å². The summed E-state index contributed by atoms with van der Waals surface area (Å²) in [5.74, 6) is 2.33. The number of ether oxygens (including phenoxy) is 4. The molecule has 0 N–H and O–H groups in total. The van der Waals surface area contributed by atoms with Gasteiger partial charge < -0.3 is 18.9 Å². The fraction of sp³-hybridized carbons (Fsp3) is 1.00. The molecule has 2 heterocycles. The van der Waals surface area contributed by atoms with Crippen LogP contribution in [0.5, 0.6) is 0 Å². The lowest BCUT2D eigenvalue weighted by Gasteiger charge is -2.48. The first-order valence-electron chi connectivity index (χ1n) is 9.84. The Kier molecular flexibility index (Phi) is 7.12. The third-order valence-corrected chi connectivity index (χ3v) is 6.82. The second-order valence-corrected chi connectivity index (χ2v) is 8.03. The summed E-state index contributed by atoms with van der Waals surface area (Å²) in [6, 6.07) is 0. The summed E-state index contributed by atoms with van der Waals surface area (Å²) in [6.45, 7) is 15.7. The molecule has 0 saturated carbocycles. The molecule has 10 atom stereocenters. The van der Waals surface area contributed by atoms with E-state index in [2.05, 4.69) is 48.5 Å². The molecular weight excluding hydrogens is 304 g/mol. The molecule has 0 radical (unpaired) electrons. The van der Waals surface area contributed by atoms with Gasteiger partial charge in [0.15, 0.2) is 12.6 Å². The highest BCUT2D eigenvalue weighted by Crippen LogP contribution is 2.40. The predicted molar refractivity (Wildman–Crippen MR) is 95.6 cm³/mol. The first kappa shape index (κ1) is 20.2. The summed E-state index contributed by atoms with van der Waals surface area (Å²) in [6.07, 6.45) is 1.95. The van der Waals surface area contributed by atoms with Crippen molar-refractivity contribution < 1.29 is 18.9 Å². The standard InChI is InChI=1S/C20H38O4/c1-9-16-12(4)11(3)15(7)19(22-16)24-18-14(6)13(5)17(10-2)23-20(18)21-8/h11-20H,9-10H2,1-8H3. The molecule has 0 aromatic carbocycles. The van der Waals surface area contributed by atoms with E-state index in [9.17, 15) is 0 Å². The highest BCUT2D eigenvalue weighted by Gasteiger charge is 2.46. The summed E-state index contributed by atoms with van der Waals surface area (Å²) in [5.41, 5.74) is 0. The third kappa shape index (κ3) is 3.82. The Bertz CT molecular complexity index is 384. The van der Waals surface area contributed by atoms with E-state index in [1.54, 1.807) is 7.11 Å². The zero-order valence-electron chi connectivity index (χ0n) is 16.8. The lowest BCUT2D eigenvalue weighted by molar-refractivity contribution is -0.333. The van der Waals surface area contributed by atoms with Crippen LogP contribution in [0, 0.1) is 29.6 Å². The fourth-order valence-corrected chi connectivity index (χ4v) is 4.37. The molecule has 142 valence electrons. The number of hydrogen-bond donors (Lipinski definition) is 0. The number of hydrogen-bond acceptors (Lipinski definition) is 4. The van der Waals surface area contributed by atoms with Crippen LogP contribution >= 0.6 is 0 Å². The van der Waals surface area contributed by atoms with E-state index in [1.165, 1.54) is 0 Å². The van der Waals surface area contributed by atoms with Crippen LogP contribution in [0.25, 0.3) is 0 Å². The molecule has 2 aliphatic heterocycles. The average molecular weight is 343 g/mol. The van der Waals surface area contributed by atoms with Gasteiger partial charge in [-0.1, -0.05) is 48.5 Å². The van der Waals surface area contributed by atoms with Crippen molar-refractivity contribution in [3.05, 3.63) is 0 Å². The Labute approximate surface area is 148 Å². The smallest absolute Gasteiger partial charge is 0.184 e. The van der Waals surface area contributed by atoms with Gasteiger partial charge >= 0.3 is 0 Å². The Morgan fingerprint density at radius 1 is 0.667 bits per heavy atom. The summed E-state index contributed by atoms with van der Waals surface area (Å²) < 4.78 is 24.6. The molecule has 4 heteroatoms. The largest absolute Gasteiger partial charge is 0.353 e. The van der Waals surface area contributed by atoms with Crippen molar-refractivity contribution in [3.63, 3.8) is 0 Å². The Morgan fingerprint density at radius 3 is 1.67 bits per heavy atom. The minimum absolute atomic E-state index is 0.0848. The van der Waals surface area contributed by atoms with Gasteiger partial charge in [0.05, 0.1) is 12.2 Å². The topological polar surface area (TPSA) is 36.9 Å². The SMILES string of the molecule is CCC1OC(OC2C(OC)OC(CC)C(C)C2C)C(C)C(C)C1C. The van der Waals surface area contributed by atoms with Crippen LogP contribution in [0.1, 0.15) is 61.3 Å². The van der Waals surface area contributed by atoms with Gasteiger partial charge in [-0.15, -0.1) is 0 Å². The highest BCUT2D eigenvalue weighted by atomic mass is 16.7. The van der Waals surface area contributed by atoms with Gasteiger partial charge in [0.25, 0.3) is 0 Å². The Hall–Kier alpha value is -0.160. The molecule has 0 spiro atoms. The number of methoxy groups -OCH3 is 1. The summed E-state index contributed by atoms with van der Waals surface area (Å²) in [7, 11) is 1.71. The van der Waals surface area contributed by atoms with Crippen LogP contribution in [-0.4, -0.2) is 38.0 Å². The third-order valence-electron chi connectivity index (χ3n) is 6.82. The molecule has 0 aromatic rings. The van der Waals surface area contributed by atoms with E-state index in [0.717, 1.165) is 12.8 Å². The molecule has 2 saturated heterocycles. The monoisotopic (exact) mass is 342 g/mol. The van der Waals surface area contributed by atoms with Crippen LogP contribution in [-0.2, 0) is 18.9 Å². The molecule has 0 aliphatic carbocycles. The van der Waals surface area contributed by atoms with Gasteiger partial charge in [0, 0.05) is 13.0 Å². The van der Waals surface area contributed by atoms with Crippen molar-refractivity contribution in [2.45, 2.75) is 92.2 Å². The maximum atomic E-state index is 6.50. The first-order chi connectivity index (χ1) is 11.3. The van der Waals surface area contributed by atoms with Gasteiger partial charge in [0.1, 0.15) is 6.10 Å². The molecule has 2 fully saturated rings. The maximum Gasteiger partial charge on any atom is 0.184 e. The quantitative estimate of drug-likeness (QED) is 0.739. The average Bonchev–Trinajstić information content (AvgIpc) is 2.59. The summed E-state index contributed by atoms with van der Waals surface area (Å²) in [4.78, 5) is 0. The van der Waals surface area contributed by atoms with Crippen LogP contribution in [0.4, 0.5) is 0 Å². The predicted octanol–water partition coefficient (Wildman–Crippen LogP) is 4.47. The second-order valence-electron chi connectivity index (χ2n) is 8.03. The maximum absolute atomic E-state index is 6.50. The van der Waals surface area contributed by atoms with E-state index in [4.69, 9.17) is 18.9 Å². The van der Waals surface area contributed by atoms with Crippen LogP contribution in [0.2, 0.25) is 0 Å². The molecule has 4 nitrogen and oxygen atoms in total. The van der Waals surface area contributed by atoms with Crippen LogP contribution in [0.15, 0.2) is 0 Å². The zero-order valence-corrected chi connectivity index (χ0v) is 16.8. The molecule has 2 rings (SSSR count). The Morgan fingerprint density at radius 2 is 1.17 bits per heavy atom. The van der Waals surface area contributed by atoms with E-state index >= 15 is 0 Å². The molecular formula is C20H38O4. The molecule has 2 aliphatic rings. The van der Waals surface area contributed by atoms with E-state index < -0.39 is 0 Å². The van der Waals surface area contributed by atoms with Gasteiger partial charge in [-0.05, 0) is 36.5 Å². The van der Waals surface area contributed by atoms with Crippen molar-refractivity contribution in [3.8, 4) is 0 Å². The van der Waals surface area contributed by atoms with E-state index in [-0.39, 0.29) is 30.9 Å². The van der Waals surface area contributed by atoms with E-state index in [0.29, 0.717) is 29.6 Å². The first-order valence-corrected chi connectivity index (χ1v) is 9.84. The van der Waals surface area contributed by atoms with E-state index in [1.807, 2.05) is 0 Å². The Balaban J connectivity index is 2.12. The van der Waals surface area contributed by atoms with Gasteiger partial charge in [-0.3, -0.25) is 0 Å². The summed E-state index contributed by atoms with van der Waals surface area (Å²) >= 11 is 0. The van der Waals surface area contributed by atoms with Crippen LogP contribution in [0.3, 0.4) is 0 Å². The van der Waals surface area contributed by atoms with Gasteiger partial charge in [0.2, 0.25) is 0 Å².